The second-order valence-corrected chi connectivity index (χ2v) is 6.16. The Bertz CT molecular complexity index is 773. The molecular formula is C17H14INO4. The van der Waals surface area contributed by atoms with E-state index in [1.807, 2.05) is 48.5 Å². The quantitative estimate of drug-likeness (QED) is 0.418. The lowest BCUT2D eigenvalue weighted by atomic mass is 9.97. The van der Waals surface area contributed by atoms with Crippen LogP contribution in [0.15, 0.2) is 48.5 Å². The molecule has 5 nitrogen and oxygen atoms in total. The van der Waals surface area contributed by atoms with Crippen LogP contribution in [0.5, 0.6) is 5.75 Å². The summed E-state index contributed by atoms with van der Waals surface area (Å²) in [6.45, 7) is -0.291. The van der Waals surface area contributed by atoms with Crippen LogP contribution >= 0.6 is 22.6 Å². The molecule has 0 saturated heterocycles. The molecule has 3 rings (SSSR count). The lowest BCUT2D eigenvalue weighted by Crippen LogP contribution is -2.20. The van der Waals surface area contributed by atoms with E-state index >= 15 is 0 Å². The van der Waals surface area contributed by atoms with Gasteiger partial charge in [0.1, 0.15) is 11.5 Å². The average Bonchev–Trinajstić information content (AvgIpc) is 2.57. The van der Waals surface area contributed by atoms with Gasteiger partial charge in [0.25, 0.3) is 0 Å². The van der Waals surface area contributed by atoms with Crippen LogP contribution in [0.25, 0.3) is 9.34 Å². The summed E-state index contributed by atoms with van der Waals surface area (Å²) in [5.74, 6) is 1.34. The molecular weight excluding hydrogens is 409 g/mol. The van der Waals surface area contributed by atoms with Crippen molar-refractivity contribution in [3.05, 3.63) is 75.3 Å². The molecule has 0 aliphatic carbocycles. The summed E-state index contributed by atoms with van der Waals surface area (Å²) >= 11 is 2.23. The number of fused-ring (bicyclic) bond motifs is 1. The number of rotatable bonds is 4. The van der Waals surface area contributed by atoms with E-state index in [0.717, 1.165) is 20.3 Å². The third-order valence-electron chi connectivity index (χ3n) is 3.65. The Morgan fingerprint density at radius 2 is 2.00 bits per heavy atom. The predicted octanol–water partition coefficient (Wildman–Crippen LogP) is 4.30. The van der Waals surface area contributed by atoms with Crippen LogP contribution in [-0.2, 0) is 4.74 Å². The van der Waals surface area contributed by atoms with Gasteiger partial charge in [0.15, 0.2) is 6.10 Å². The molecule has 2 aromatic rings. The Morgan fingerprint density at radius 1 is 1.26 bits per heavy atom. The standard InChI is InChI=1S/C17H14INO4/c1-22-12-7-8-13-14(9-12)15(10-19(20)21)23-17(16(13)18)11-5-3-2-4-6-11/h2-9,15H,10H2,1H3. The fourth-order valence-electron chi connectivity index (χ4n) is 2.57. The Labute approximate surface area is 147 Å². The monoisotopic (exact) mass is 423 g/mol. The Balaban J connectivity index is 2.13. The highest BCUT2D eigenvalue weighted by atomic mass is 127. The summed E-state index contributed by atoms with van der Waals surface area (Å²) in [5.41, 5.74) is 2.64. The van der Waals surface area contributed by atoms with Gasteiger partial charge in [-0.15, -0.1) is 0 Å². The van der Waals surface area contributed by atoms with Crippen molar-refractivity contribution >= 4 is 31.9 Å². The molecule has 23 heavy (non-hydrogen) atoms. The van der Waals surface area contributed by atoms with Crippen molar-refractivity contribution < 1.29 is 14.4 Å². The smallest absolute Gasteiger partial charge is 0.244 e. The number of nitro groups is 1. The molecule has 6 heteroatoms. The lowest BCUT2D eigenvalue weighted by molar-refractivity contribution is -0.491. The van der Waals surface area contributed by atoms with Gasteiger partial charge in [0.05, 0.1) is 10.7 Å². The number of ether oxygens (including phenoxy) is 2. The first-order valence-electron chi connectivity index (χ1n) is 7.02. The molecule has 1 atom stereocenters. The van der Waals surface area contributed by atoms with E-state index in [-0.39, 0.29) is 11.5 Å². The Morgan fingerprint density at radius 3 is 2.65 bits per heavy atom. The highest BCUT2D eigenvalue weighted by molar-refractivity contribution is 14.1. The van der Waals surface area contributed by atoms with Crippen molar-refractivity contribution in [2.75, 3.05) is 13.7 Å². The first-order chi connectivity index (χ1) is 11.1. The fourth-order valence-corrected chi connectivity index (χ4v) is 3.50. The molecule has 0 amide bonds. The highest BCUT2D eigenvalue weighted by Crippen LogP contribution is 2.44. The summed E-state index contributed by atoms with van der Waals surface area (Å²) in [7, 11) is 1.57. The molecule has 0 saturated carbocycles. The number of halogens is 1. The average molecular weight is 423 g/mol. The third-order valence-corrected chi connectivity index (χ3v) is 4.72. The maximum absolute atomic E-state index is 11.0. The summed E-state index contributed by atoms with van der Waals surface area (Å²) in [6, 6.07) is 15.2. The molecule has 1 heterocycles. The van der Waals surface area contributed by atoms with Gasteiger partial charge >= 0.3 is 0 Å². The molecule has 2 aromatic carbocycles. The van der Waals surface area contributed by atoms with Crippen LogP contribution in [0.2, 0.25) is 0 Å². The van der Waals surface area contributed by atoms with Crippen molar-refractivity contribution in [3.8, 4) is 5.75 Å². The molecule has 0 fully saturated rings. The molecule has 0 aromatic heterocycles. The van der Waals surface area contributed by atoms with E-state index < -0.39 is 6.10 Å². The van der Waals surface area contributed by atoms with Crippen LogP contribution in [-0.4, -0.2) is 18.6 Å². The van der Waals surface area contributed by atoms with E-state index in [2.05, 4.69) is 22.6 Å². The highest BCUT2D eigenvalue weighted by Gasteiger charge is 2.31. The minimum absolute atomic E-state index is 0.291. The third kappa shape index (κ3) is 3.17. The first kappa shape index (κ1) is 15.8. The van der Waals surface area contributed by atoms with E-state index in [1.54, 1.807) is 7.11 Å². The Hall–Kier alpha value is -2.09. The van der Waals surface area contributed by atoms with Gasteiger partial charge in [-0.1, -0.05) is 30.3 Å². The van der Waals surface area contributed by atoms with Crippen LogP contribution in [0.1, 0.15) is 22.8 Å². The van der Waals surface area contributed by atoms with Crippen molar-refractivity contribution in [3.63, 3.8) is 0 Å². The number of nitrogens with zero attached hydrogens (tertiary/aromatic N) is 1. The minimum Gasteiger partial charge on any atom is -0.497 e. The fraction of sp³-hybridized carbons (Fsp3) is 0.176. The van der Waals surface area contributed by atoms with Gasteiger partial charge < -0.3 is 9.47 Å². The maximum atomic E-state index is 11.0. The number of benzene rings is 2. The van der Waals surface area contributed by atoms with Gasteiger partial charge in [-0.3, -0.25) is 10.1 Å². The van der Waals surface area contributed by atoms with Crippen molar-refractivity contribution in [1.29, 1.82) is 0 Å². The molecule has 0 N–H and O–H groups in total. The Kier molecular flexibility index (Phi) is 4.51. The summed E-state index contributed by atoms with van der Waals surface area (Å²) in [4.78, 5) is 10.7. The van der Waals surface area contributed by atoms with Crippen LogP contribution in [0.4, 0.5) is 0 Å². The predicted molar refractivity (Wildman–Crippen MR) is 96.0 cm³/mol. The summed E-state index contributed by atoms with van der Waals surface area (Å²) in [6.07, 6.45) is -0.635. The normalized spacial score (nSPS) is 16.5. The van der Waals surface area contributed by atoms with E-state index in [4.69, 9.17) is 9.47 Å². The van der Waals surface area contributed by atoms with Crippen LogP contribution in [0.3, 0.4) is 0 Å². The van der Waals surface area contributed by atoms with Crippen LogP contribution < -0.4 is 4.74 Å². The second-order valence-electron chi connectivity index (χ2n) is 5.08. The maximum Gasteiger partial charge on any atom is 0.244 e. The minimum atomic E-state index is -0.635. The summed E-state index contributed by atoms with van der Waals surface area (Å²) < 4.78 is 12.2. The number of methoxy groups -OCH3 is 1. The van der Waals surface area contributed by atoms with Crippen molar-refractivity contribution in [1.82, 2.24) is 0 Å². The molecule has 1 unspecified atom stereocenters. The molecule has 1 aliphatic heterocycles. The van der Waals surface area contributed by atoms with E-state index in [9.17, 15) is 10.1 Å². The van der Waals surface area contributed by atoms with Crippen molar-refractivity contribution in [2.24, 2.45) is 0 Å². The van der Waals surface area contributed by atoms with Gasteiger partial charge in [-0.25, -0.2) is 0 Å². The number of hydrogen-bond donors (Lipinski definition) is 0. The van der Waals surface area contributed by atoms with Gasteiger partial charge in [0, 0.05) is 16.1 Å². The summed E-state index contributed by atoms with van der Waals surface area (Å²) in [5, 5.41) is 11.0. The molecule has 1 aliphatic rings. The van der Waals surface area contributed by atoms with Crippen molar-refractivity contribution in [2.45, 2.75) is 6.10 Å². The van der Waals surface area contributed by atoms with Gasteiger partial charge in [-0.2, -0.15) is 0 Å². The lowest BCUT2D eigenvalue weighted by Gasteiger charge is -2.27. The zero-order chi connectivity index (χ0) is 16.4. The van der Waals surface area contributed by atoms with E-state index in [1.165, 1.54) is 0 Å². The largest absolute Gasteiger partial charge is 0.497 e. The zero-order valence-electron chi connectivity index (χ0n) is 12.4. The van der Waals surface area contributed by atoms with Gasteiger partial charge in [-0.05, 0) is 46.4 Å². The molecule has 118 valence electrons. The zero-order valence-corrected chi connectivity index (χ0v) is 14.5. The van der Waals surface area contributed by atoms with Gasteiger partial charge in [0.2, 0.25) is 6.54 Å². The number of hydrogen-bond acceptors (Lipinski definition) is 4. The topological polar surface area (TPSA) is 61.6 Å². The van der Waals surface area contributed by atoms with Crippen LogP contribution in [0, 0.1) is 10.1 Å². The molecule has 0 radical (unpaired) electrons. The first-order valence-corrected chi connectivity index (χ1v) is 8.10. The molecule has 0 spiro atoms. The molecule has 0 bridgehead atoms. The second kappa shape index (κ2) is 6.57. The van der Waals surface area contributed by atoms with E-state index in [0.29, 0.717) is 11.5 Å². The SMILES string of the molecule is COc1ccc2c(c1)C(C[N+](=O)[O-])OC(c1ccccc1)=C2I.